The molecule has 27 heavy (non-hydrogen) atoms. The molecule has 3 unspecified atom stereocenters. The summed E-state index contributed by atoms with van der Waals surface area (Å²) in [5, 5.41) is 0.480. The minimum atomic E-state index is -2.07. The molecule has 2 saturated heterocycles. The molecule has 0 radical (unpaired) electrons. The SMILES string of the molecule is O=C1OC(=O)C2C1C(c1ccc(Cl)cc1)OC21C(=O)c2ccccc2C1=O. The van der Waals surface area contributed by atoms with Crippen molar-refractivity contribution < 1.29 is 28.7 Å². The molecule has 0 N–H and O–H groups in total. The molecule has 2 aromatic carbocycles. The lowest BCUT2D eigenvalue weighted by Crippen LogP contribution is -2.49. The van der Waals surface area contributed by atoms with E-state index in [0.29, 0.717) is 10.6 Å². The number of carbonyl (C=O) groups excluding carboxylic acids is 4. The summed E-state index contributed by atoms with van der Waals surface area (Å²) in [4.78, 5) is 51.2. The average Bonchev–Trinajstić information content (AvgIpc) is 3.24. The summed E-state index contributed by atoms with van der Waals surface area (Å²) >= 11 is 5.91. The van der Waals surface area contributed by atoms with E-state index in [1.165, 1.54) is 12.1 Å². The summed E-state index contributed by atoms with van der Waals surface area (Å²) < 4.78 is 10.8. The van der Waals surface area contributed by atoms with Gasteiger partial charge in [0.15, 0.2) is 0 Å². The quantitative estimate of drug-likeness (QED) is 0.556. The molecule has 0 saturated carbocycles. The third kappa shape index (κ3) is 1.94. The topological polar surface area (TPSA) is 86.7 Å². The van der Waals surface area contributed by atoms with Crippen LogP contribution in [0, 0.1) is 11.8 Å². The fourth-order valence-corrected chi connectivity index (χ4v) is 4.40. The number of Topliss-reactive ketones (excluding diaryl/α,β-unsaturated/α-hetero) is 2. The van der Waals surface area contributed by atoms with Crippen LogP contribution in [0.25, 0.3) is 0 Å². The van der Waals surface area contributed by atoms with Gasteiger partial charge in [-0.05, 0) is 17.7 Å². The van der Waals surface area contributed by atoms with Gasteiger partial charge in [-0.3, -0.25) is 19.2 Å². The standard InChI is InChI=1S/C20H11ClO6/c21-10-7-5-9(6-8-10)15-13-14(19(25)26-18(13)24)20(27-15)16(22)11-3-1-2-4-12(11)17(20)23/h1-8,13-15H. The van der Waals surface area contributed by atoms with Crippen LogP contribution < -0.4 is 0 Å². The Labute approximate surface area is 158 Å². The smallest absolute Gasteiger partial charge is 0.321 e. The second-order valence-corrected chi connectivity index (χ2v) is 7.21. The largest absolute Gasteiger partial charge is 0.393 e. The van der Waals surface area contributed by atoms with Gasteiger partial charge in [0.25, 0.3) is 0 Å². The molecule has 2 aromatic rings. The number of carbonyl (C=O) groups is 4. The van der Waals surface area contributed by atoms with E-state index in [9.17, 15) is 19.2 Å². The van der Waals surface area contributed by atoms with Crippen LogP contribution in [0.2, 0.25) is 5.02 Å². The van der Waals surface area contributed by atoms with Crippen molar-refractivity contribution in [3.05, 3.63) is 70.2 Å². The van der Waals surface area contributed by atoms with Crippen LogP contribution in [0.4, 0.5) is 0 Å². The number of esters is 2. The fourth-order valence-electron chi connectivity index (χ4n) is 4.28. The maximum Gasteiger partial charge on any atom is 0.321 e. The Balaban J connectivity index is 1.70. The Kier molecular flexibility index (Phi) is 3.24. The van der Waals surface area contributed by atoms with E-state index in [1.54, 1.807) is 36.4 Å². The second kappa shape index (κ2) is 5.34. The van der Waals surface area contributed by atoms with Crippen molar-refractivity contribution in [2.45, 2.75) is 11.7 Å². The minimum Gasteiger partial charge on any atom is -0.393 e. The number of cyclic esters (lactones) is 2. The van der Waals surface area contributed by atoms with Crippen LogP contribution in [0.1, 0.15) is 32.4 Å². The van der Waals surface area contributed by atoms with Gasteiger partial charge in [0.2, 0.25) is 17.2 Å². The van der Waals surface area contributed by atoms with Crippen molar-refractivity contribution in [3.63, 3.8) is 0 Å². The fraction of sp³-hybridized carbons (Fsp3) is 0.200. The van der Waals surface area contributed by atoms with Crippen molar-refractivity contribution >= 4 is 35.1 Å². The van der Waals surface area contributed by atoms with Crippen molar-refractivity contribution in [3.8, 4) is 0 Å². The van der Waals surface area contributed by atoms with E-state index < -0.39 is 47.0 Å². The van der Waals surface area contributed by atoms with Gasteiger partial charge in [0.05, 0.1) is 6.10 Å². The zero-order valence-corrected chi connectivity index (χ0v) is 14.4. The van der Waals surface area contributed by atoms with E-state index in [4.69, 9.17) is 21.1 Å². The van der Waals surface area contributed by atoms with E-state index in [1.807, 2.05) is 0 Å². The molecular formula is C20H11ClO6. The monoisotopic (exact) mass is 382 g/mol. The third-order valence-corrected chi connectivity index (χ3v) is 5.70. The van der Waals surface area contributed by atoms with Gasteiger partial charge >= 0.3 is 11.9 Å². The molecule has 1 spiro atoms. The number of benzene rings is 2. The molecule has 0 amide bonds. The Bertz CT molecular complexity index is 1010. The number of hydrogen-bond donors (Lipinski definition) is 0. The predicted octanol–water partition coefficient (Wildman–Crippen LogP) is 2.55. The molecule has 1 aliphatic carbocycles. The summed E-state index contributed by atoms with van der Waals surface area (Å²) in [6, 6.07) is 12.8. The number of hydrogen-bond acceptors (Lipinski definition) is 6. The van der Waals surface area contributed by atoms with Crippen LogP contribution in [-0.2, 0) is 19.1 Å². The van der Waals surface area contributed by atoms with Gasteiger partial charge in [0.1, 0.15) is 11.8 Å². The Morgan fingerprint density at radius 1 is 0.815 bits per heavy atom. The lowest BCUT2D eigenvalue weighted by Gasteiger charge is -2.24. The van der Waals surface area contributed by atoms with Crippen LogP contribution in [-0.4, -0.2) is 29.1 Å². The van der Waals surface area contributed by atoms with Gasteiger partial charge in [-0.25, -0.2) is 0 Å². The van der Waals surface area contributed by atoms with Gasteiger partial charge in [-0.2, -0.15) is 0 Å². The predicted molar refractivity (Wildman–Crippen MR) is 91.2 cm³/mol. The summed E-state index contributed by atoms with van der Waals surface area (Å²) in [6.45, 7) is 0. The first-order valence-corrected chi connectivity index (χ1v) is 8.70. The first kappa shape index (κ1) is 16.4. The highest BCUT2D eigenvalue weighted by molar-refractivity contribution is 6.34. The average molecular weight is 383 g/mol. The number of halogens is 1. The maximum atomic E-state index is 13.2. The Morgan fingerprint density at radius 2 is 1.41 bits per heavy atom. The second-order valence-electron chi connectivity index (χ2n) is 6.77. The molecule has 3 atom stereocenters. The van der Waals surface area contributed by atoms with Crippen LogP contribution in [0.15, 0.2) is 48.5 Å². The van der Waals surface area contributed by atoms with Gasteiger partial charge < -0.3 is 9.47 Å². The van der Waals surface area contributed by atoms with Crippen molar-refractivity contribution in [2.24, 2.45) is 11.8 Å². The number of ketones is 2. The number of ether oxygens (including phenoxy) is 2. The first-order chi connectivity index (χ1) is 12.9. The van der Waals surface area contributed by atoms with Gasteiger partial charge in [-0.15, -0.1) is 0 Å². The lowest BCUT2D eigenvalue weighted by molar-refractivity contribution is -0.159. The van der Waals surface area contributed by atoms with Crippen LogP contribution in [0.5, 0.6) is 0 Å². The van der Waals surface area contributed by atoms with E-state index >= 15 is 0 Å². The van der Waals surface area contributed by atoms with Crippen LogP contribution in [0.3, 0.4) is 0 Å². The molecule has 2 heterocycles. The van der Waals surface area contributed by atoms with E-state index in [-0.39, 0.29) is 11.1 Å². The van der Waals surface area contributed by atoms with Crippen molar-refractivity contribution in [1.29, 1.82) is 0 Å². The van der Waals surface area contributed by atoms with Gasteiger partial charge in [0, 0.05) is 16.1 Å². The van der Waals surface area contributed by atoms with Crippen molar-refractivity contribution in [2.75, 3.05) is 0 Å². The summed E-state index contributed by atoms with van der Waals surface area (Å²) in [6.07, 6.45) is -0.964. The minimum absolute atomic E-state index is 0.185. The maximum absolute atomic E-state index is 13.2. The molecule has 6 nitrogen and oxygen atoms in total. The molecule has 0 aromatic heterocycles. The highest BCUT2D eigenvalue weighted by atomic mass is 35.5. The molecule has 2 fully saturated rings. The zero-order valence-electron chi connectivity index (χ0n) is 13.7. The normalized spacial score (nSPS) is 27.8. The number of rotatable bonds is 1. The Hall–Kier alpha value is -2.83. The molecule has 2 aliphatic heterocycles. The lowest BCUT2D eigenvalue weighted by atomic mass is 9.77. The molecular weight excluding hydrogens is 372 g/mol. The molecule has 0 bridgehead atoms. The highest BCUT2D eigenvalue weighted by Gasteiger charge is 2.74. The summed E-state index contributed by atoms with van der Waals surface area (Å²) in [5.41, 5.74) is -1.16. The summed E-state index contributed by atoms with van der Waals surface area (Å²) in [5.74, 6) is -5.30. The van der Waals surface area contributed by atoms with Crippen LogP contribution >= 0.6 is 11.6 Å². The summed E-state index contributed by atoms with van der Waals surface area (Å²) in [7, 11) is 0. The first-order valence-electron chi connectivity index (χ1n) is 8.32. The molecule has 3 aliphatic rings. The molecule has 134 valence electrons. The van der Waals surface area contributed by atoms with Crippen molar-refractivity contribution in [1.82, 2.24) is 0 Å². The molecule has 7 heteroatoms. The number of fused-ring (bicyclic) bond motifs is 3. The molecule has 5 rings (SSSR count). The van der Waals surface area contributed by atoms with E-state index in [2.05, 4.69) is 0 Å². The van der Waals surface area contributed by atoms with Gasteiger partial charge in [-0.1, -0.05) is 48.0 Å². The highest BCUT2D eigenvalue weighted by Crippen LogP contribution is 2.56. The third-order valence-electron chi connectivity index (χ3n) is 5.45. The Morgan fingerprint density at radius 3 is 2.00 bits per heavy atom. The zero-order chi connectivity index (χ0) is 18.9. The van der Waals surface area contributed by atoms with E-state index in [0.717, 1.165) is 0 Å².